The molecular formula is C49H30N2O2S. The maximum Gasteiger partial charge on any atom is 0.227 e. The van der Waals surface area contributed by atoms with E-state index in [4.69, 9.17) is 13.8 Å². The summed E-state index contributed by atoms with van der Waals surface area (Å²) in [5, 5.41) is 4.49. The molecule has 0 unspecified atom stereocenters. The highest BCUT2D eigenvalue weighted by molar-refractivity contribution is 7.26. The van der Waals surface area contributed by atoms with Gasteiger partial charge in [-0.3, -0.25) is 0 Å². The summed E-state index contributed by atoms with van der Waals surface area (Å²) in [6.07, 6.45) is 0. The van der Waals surface area contributed by atoms with E-state index >= 15 is 0 Å². The number of hydrogen-bond acceptors (Lipinski definition) is 5. The molecule has 11 aromatic rings. The van der Waals surface area contributed by atoms with Crippen LogP contribution in [0.25, 0.3) is 86.9 Å². The number of anilines is 3. The molecule has 0 aliphatic heterocycles. The Morgan fingerprint density at radius 1 is 0.463 bits per heavy atom. The zero-order valence-corrected chi connectivity index (χ0v) is 29.8. The quantitative estimate of drug-likeness (QED) is 0.172. The lowest BCUT2D eigenvalue weighted by Gasteiger charge is -2.26. The van der Waals surface area contributed by atoms with Crippen LogP contribution in [0.4, 0.5) is 17.1 Å². The van der Waals surface area contributed by atoms with Gasteiger partial charge in [0.25, 0.3) is 0 Å². The number of rotatable bonds is 6. The van der Waals surface area contributed by atoms with Crippen molar-refractivity contribution in [3.05, 3.63) is 182 Å². The summed E-state index contributed by atoms with van der Waals surface area (Å²) >= 11 is 1.80. The van der Waals surface area contributed by atoms with Crippen LogP contribution in [0.1, 0.15) is 0 Å². The van der Waals surface area contributed by atoms with Crippen molar-refractivity contribution in [1.29, 1.82) is 0 Å². The fourth-order valence-electron chi connectivity index (χ4n) is 7.75. The maximum atomic E-state index is 6.59. The SMILES string of the molecule is c1ccc(-c2ccc(N(c3ccc(-c4cc5nc(-c6ccccc6)oc5c5c4sc4ccccc45)cc3)c3cccc4c3oc3ccccc34)cc2)cc1. The van der Waals surface area contributed by atoms with Crippen LogP contribution in [0.15, 0.2) is 191 Å². The molecule has 254 valence electrons. The van der Waals surface area contributed by atoms with Crippen molar-refractivity contribution in [2.45, 2.75) is 0 Å². The molecule has 0 radical (unpaired) electrons. The van der Waals surface area contributed by atoms with Crippen molar-refractivity contribution >= 4 is 81.6 Å². The molecule has 3 heterocycles. The molecule has 0 atom stereocenters. The lowest BCUT2D eigenvalue weighted by Crippen LogP contribution is -2.10. The van der Waals surface area contributed by atoms with Gasteiger partial charge < -0.3 is 13.7 Å². The second kappa shape index (κ2) is 12.3. The van der Waals surface area contributed by atoms with E-state index in [1.165, 1.54) is 25.9 Å². The average molecular weight is 711 g/mol. The Bertz CT molecular complexity index is 3140. The van der Waals surface area contributed by atoms with Crippen molar-refractivity contribution < 1.29 is 8.83 Å². The van der Waals surface area contributed by atoms with E-state index in [-0.39, 0.29) is 0 Å². The molecule has 4 nitrogen and oxygen atoms in total. The van der Waals surface area contributed by atoms with E-state index in [9.17, 15) is 0 Å². The van der Waals surface area contributed by atoms with E-state index in [0.29, 0.717) is 5.89 Å². The number of hydrogen-bond donors (Lipinski definition) is 0. The molecule has 0 saturated carbocycles. The summed E-state index contributed by atoms with van der Waals surface area (Å²) in [5.41, 5.74) is 12.0. The van der Waals surface area contributed by atoms with Crippen LogP contribution in [0, 0.1) is 0 Å². The van der Waals surface area contributed by atoms with Gasteiger partial charge in [0.05, 0.1) is 5.69 Å². The third kappa shape index (κ3) is 4.94. The van der Waals surface area contributed by atoms with Gasteiger partial charge in [-0.05, 0) is 77.4 Å². The monoisotopic (exact) mass is 710 g/mol. The molecule has 11 rings (SSSR count). The molecule has 0 N–H and O–H groups in total. The fraction of sp³-hybridized carbons (Fsp3) is 0. The first-order valence-electron chi connectivity index (χ1n) is 18.0. The molecule has 5 heteroatoms. The fourth-order valence-corrected chi connectivity index (χ4v) is 8.99. The van der Waals surface area contributed by atoms with Crippen LogP contribution in [0.2, 0.25) is 0 Å². The highest BCUT2D eigenvalue weighted by Crippen LogP contribution is 2.47. The second-order valence-electron chi connectivity index (χ2n) is 13.5. The topological polar surface area (TPSA) is 42.4 Å². The highest BCUT2D eigenvalue weighted by atomic mass is 32.1. The highest BCUT2D eigenvalue weighted by Gasteiger charge is 2.22. The zero-order valence-electron chi connectivity index (χ0n) is 28.9. The van der Waals surface area contributed by atoms with Crippen LogP contribution in [0.5, 0.6) is 0 Å². The molecule has 3 aromatic heterocycles. The van der Waals surface area contributed by atoms with Crippen molar-refractivity contribution in [3.63, 3.8) is 0 Å². The molecule has 0 fully saturated rings. The molecule has 0 aliphatic rings. The van der Waals surface area contributed by atoms with Gasteiger partial charge in [0.2, 0.25) is 5.89 Å². The van der Waals surface area contributed by atoms with Gasteiger partial charge in [-0.2, -0.15) is 0 Å². The normalized spacial score (nSPS) is 11.7. The van der Waals surface area contributed by atoms with Gasteiger partial charge >= 0.3 is 0 Å². The number of fused-ring (bicyclic) bond motifs is 8. The summed E-state index contributed by atoms with van der Waals surface area (Å²) in [6.45, 7) is 0. The van der Waals surface area contributed by atoms with Crippen LogP contribution in [0.3, 0.4) is 0 Å². The Hall–Kier alpha value is -6.95. The van der Waals surface area contributed by atoms with E-state index in [0.717, 1.165) is 72.2 Å². The second-order valence-corrected chi connectivity index (χ2v) is 14.6. The van der Waals surface area contributed by atoms with Gasteiger partial charge in [-0.15, -0.1) is 11.3 Å². The summed E-state index contributed by atoms with van der Waals surface area (Å²) in [6, 6.07) is 63.7. The first-order chi connectivity index (χ1) is 26.8. The predicted molar refractivity (Wildman–Crippen MR) is 225 cm³/mol. The Morgan fingerprint density at radius 3 is 1.83 bits per heavy atom. The van der Waals surface area contributed by atoms with Gasteiger partial charge in [0.15, 0.2) is 11.2 Å². The van der Waals surface area contributed by atoms with Gasteiger partial charge in [-0.1, -0.05) is 121 Å². The van der Waals surface area contributed by atoms with E-state index < -0.39 is 0 Å². The molecule has 8 aromatic carbocycles. The lowest BCUT2D eigenvalue weighted by molar-refractivity contribution is 0.623. The molecule has 0 aliphatic carbocycles. The number of aromatic nitrogens is 1. The molecule has 0 bridgehead atoms. The van der Waals surface area contributed by atoms with E-state index in [1.807, 2.05) is 42.5 Å². The van der Waals surface area contributed by atoms with Gasteiger partial charge in [-0.25, -0.2) is 4.98 Å². The Kier molecular flexibility index (Phi) is 7.00. The van der Waals surface area contributed by atoms with Crippen LogP contribution >= 0.6 is 11.3 Å². The van der Waals surface area contributed by atoms with Crippen LogP contribution < -0.4 is 4.90 Å². The number of furan rings is 1. The minimum absolute atomic E-state index is 0.628. The number of para-hydroxylation sites is 2. The molecule has 0 saturated heterocycles. The predicted octanol–water partition coefficient (Wildman–Crippen LogP) is 14.6. The smallest absolute Gasteiger partial charge is 0.227 e. The minimum atomic E-state index is 0.628. The Morgan fingerprint density at radius 2 is 1.07 bits per heavy atom. The lowest BCUT2D eigenvalue weighted by atomic mass is 10.0. The van der Waals surface area contributed by atoms with Crippen LogP contribution in [-0.4, -0.2) is 4.98 Å². The van der Waals surface area contributed by atoms with E-state index in [1.54, 1.807) is 11.3 Å². The maximum absolute atomic E-state index is 6.59. The van der Waals surface area contributed by atoms with Crippen molar-refractivity contribution in [3.8, 4) is 33.7 Å². The molecular weight excluding hydrogens is 681 g/mol. The summed E-state index contributed by atoms with van der Waals surface area (Å²) < 4.78 is 15.5. The van der Waals surface area contributed by atoms with Gasteiger partial charge in [0.1, 0.15) is 11.1 Å². The Labute approximate surface area is 314 Å². The number of thiophene rings is 1. The molecule has 54 heavy (non-hydrogen) atoms. The largest absolute Gasteiger partial charge is 0.454 e. The Balaban J connectivity index is 1.08. The minimum Gasteiger partial charge on any atom is -0.454 e. The summed E-state index contributed by atoms with van der Waals surface area (Å²) in [5.74, 6) is 0.628. The molecule has 0 amide bonds. The number of nitrogens with zero attached hydrogens (tertiary/aromatic N) is 2. The van der Waals surface area contributed by atoms with Crippen molar-refractivity contribution in [1.82, 2.24) is 4.98 Å². The third-order valence-electron chi connectivity index (χ3n) is 10.3. The first kappa shape index (κ1) is 30.7. The number of oxazole rings is 1. The standard InChI is InChI=1S/C49H30N2O2S/c1-3-12-31(13-4-1)32-22-26-35(27-23-32)51(42-19-11-18-38-37-16-7-9-20-43(37)52-46(38)42)36-28-24-33(25-29-36)40-30-41-47(53-49(50-41)34-14-5-2-6-15-34)45-39-17-8-10-21-44(39)54-48(40)45/h1-30H. The zero-order chi connectivity index (χ0) is 35.6. The van der Waals surface area contributed by atoms with Crippen molar-refractivity contribution in [2.24, 2.45) is 0 Å². The van der Waals surface area contributed by atoms with Crippen LogP contribution in [-0.2, 0) is 0 Å². The average Bonchev–Trinajstić information content (AvgIpc) is 3.96. The summed E-state index contributed by atoms with van der Waals surface area (Å²) in [4.78, 5) is 7.32. The third-order valence-corrected chi connectivity index (χ3v) is 11.5. The summed E-state index contributed by atoms with van der Waals surface area (Å²) in [7, 11) is 0. The van der Waals surface area contributed by atoms with Gasteiger partial charge in [0, 0.05) is 53.4 Å². The van der Waals surface area contributed by atoms with Crippen molar-refractivity contribution in [2.75, 3.05) is 4.90 Å². The molecule has 0 spiro atoms. The first-order valence-corrected chi connectivity index (χ1v) is 18.8. The number of benzene rings is 8. The van der Waals surface area contributed by atoms with E-state index in [2.05, 4.69) is 144 Å².